The predicted molar refractivity (Wildman–Crippen MR) is 155 cm³/mol. The van der Waals surface area contributed by atoms with Gasteiger partial charge >= 0.3 is 5.97 Å². The molecule has 4 aromatic rings. The van der Waals surface area contributed by atoms with E-state index in [0.29, 0.717) is 36.0 Å². The molecule has 0 N–H and O–H groups in total. The molecule has 2 aliphatic heterocycles. The fraction of sp³-hybridized carbons (Fsp3) is 0.355. The van der Waals surface area contributed by atoms with Crippen LogP contribution in [0.5, 0.6) is 5.88 Å². The van der Waals surface area contributed by atoms with E-state index in [0.717, 1.165) is 60.0 Å². The molecule has 0 bridgehead atoms. The molecule has 3 aromatic heterocycles. The predicted octanol–water partition coefficient (Wildman–Crippen LogP) is 5.34. The van der Waals surface area contributed by atoms with Gasteiger partial charge in [-0.1, -0.05) is 18.2 Å². The Balaban J connectivity index is 1.12. The highest BCUT2D eigenvalue weighted by Crippen LogP contribution is 2.30. The average Bonchev–Trinajstić information content (AvgIpc) is 3.53. The minimum atomic E-state index is -0.472. The van der Waals surface area contributed by atoms with Gasteiger partial charge in [-0.25, -0.2) is 19.2 Å². The number of aromatic nitrogens is 3. The third-order valence-corrected chi connectivity index (χ3v) is 8.45. The summed E-state index contributed by atoms with van der Waals surface area (Å²) in [5.41, 5.74) is 3.56. The number of pyridine rings is 1. The van der Waals surface area contributed by atoms with Crippen molar-refractivity contribution in [3.05, 3.63) is 81.9 Å². The van der Waals surface area contributed by atoms with Crippen LogP contribution in [0.2, 0.25) is 0 Å². The van der Waals surface area contributed by atoms with Crippen molar-refractivity contribution >= 4 is 33.2 Å². The number of ether oxygens (including phenoxy) is 3. The van der Waals surface area contributed by atoms with Crippen LogP contribution < -0.4 is 4.74 Å². The molecule has 0 aliphatic carbocycles. The van der Waals surface area contributed by atoms with Gasteiger partial charge in [-0.15, -0.1) is 11.3 Å². The normalized spacial score (nSPS) is 17.0. The SMILES string of the molecule is CCOC(=O)c1cc2c(nc(CN3CC=C(c4cccc(OCc5ccc(C#N)cc5F)n4)CC3)n2C[C@@H]2CCO2)s1. The number of thiophene rings is 1. The zero-order chi connectivity index (χ0) is 29.1. The third kappa shape index (κ3) is 6.06. The number of halogens is 1. The van der Waals surface area contributed by atoms with E-state index in [1.165, 1.54) is 17.4 Å². The van der Waals surface area contributed by atoms with Gasteiger partial charge in [0.05, 0.1) is 48.6 Å². The van der Waals surface area contributed by atoms with Crippen molar-refractivity contribution in [1.82, 2.24) is 19.4 Å². The van der Waals surface area contributed by atoms with Gasteiger partial charge < -0.3 is 18.8 Å². The van der Waals surface area contributed by atoms with Crippen molar-refractivity contribution in [1.29, 1.82) is 5.26 Å². The quantitative estimate of drug-likeness (QED) is 0.229. The number of hydrogen-bond donors (Lipinski definition) is 0. The van der Waals surface area contributed by atoms with Crippen LogP contribution in [0.25, 0.3) is 15.9 Å². The Kier molecular flexibility index (Phi) is 8.28. The number of imidazole rings is 1. The van der Waals surface area contributed by atoms with Gasteiger partial charge in [0.15, 0.2) is 0 Å². The van der Waals surface area contributed by atoms with Crippen LogP contribution >= 0.6 is 11.3 Å². The highest BCUT2D eigenvalue weighted by molar-refractivity contribution is 7.20. The van der Waals surface area contributed by atoms with E-state index >= 15 is 0 Å². The molecule has 1 saturated heterocycles. The second kappa shape index (κ2) is 12.4. The van der Waals surface area contributed by atoms with E-state index < -0.39 is 5.82 Å². The van der Waals surface area contributed by atoms with E-state index in [4.69, 9.17) is 24.5 Å². The van der Waals surface area contributed by atoms with Crippen LogP contribution in [0, 0.1) is 17.1 Å². The number of esters is 1. The van der Waals surface area contributed by atoms with Crippen LogP contribution in [0.4, 0.5) is 4.39 Å². The summed E-state index contributed by atoms with van der Waals surface area (Å²) in [6.45, 7) is 5.92. The molecule has 1 fully saturated rings. The minimum Gasteiger partial charge on any atom is -0.473 e. The second-order valence-corrected chi connectivity index (χ2v) is 11.3. The first kappa shape index (κ1) is 28.0. The summed E-state index contributed by atoms with van der Waals surface area (Å²) in [6, 6.07) is 13.8. The Hall–Kier alpha value is -4.11. The van der Waals surface area contributed by atoms with Gasteiger partial charge in [-0.2, -0.15) is 5.26 Å². The first-order valence-corrected chi connectivity index (χ1v) is 14.8. The number of hydrogen-bond acceptors (Lipinski definition) is 9. The highest BCUT2D eigenvalue weighted by Gasteiger charge is 2.25. The molecular weight excluding hydrogens is 557 g/mol. The third-order valence-electron chi connectivity index (χ3n) is 7.45. The lowest BCUT2D eigenvalue weighted by Gasteiger charge is -2.29. The molecule has 0 spiro atoms. The van der Waals surface area contributed by atoms with E-state index in [-0.39, 0.29) is 24.2 Å². The molecule has 216 valence electrons. The maximum atomic E-state index is 14.2. The Bertz CT molecular complexity index is 1690. The summed E-state index contributed by atoms with van der Waals surface area (Å²) in [6.07, 6.45) is 4.17. The first-order chi connectivity index (χ1) is 20.5. The molecule has 0 radical (unpaired) electrons. The zero-order valence-corrected chi connectivity index (χ0v) is 24.0. The molecule has 11 heteroatoms. The Morgan fingerprint density at radius 1 is 1.26 bits per heavy atom. The summed E-state index contributed by atoms with van der Waals surface area (Å²) in [7, 11) is 0. The van der Waals surface area contributed by atoms with E-state index in [1.54, 1.807) is 25.1 Å². The van der Waals surface area contributed by atoms with Crippen LogP contribution in [0.15, 0.2) is 48.5 Å². The van der Waals surface area contributed by atoms with Crippen molar-refractivity contribution in [3.63, 3.8) is 0 Å². The molecule has 5 heterocycles. The lowest BCUT2D eigenvalue weighted by Crippen LogP contribution is -2.33. The molecule has 42 heavy (non-hydrogen) atoms. The lowest BCUT2D eigenvalue weighted by molar-refractivity contribution is -0.0591. The Morgan fingerprint density at radius 2 is 2.14 bits per heavy atom. The van der Waals surface area contributed by atoms with E-state index in [9.17, 15) is 9.18 Å². The molecule has 2 aliphatic rings. The first-order valence-electron chi connectivity index (χ1n) is 14.0. The molecule has 0 saturated carbocycles. The lowest BCUT2D eigenvalue weighted by atomic mass is 10.0. The molecule has 1 atom stereocenters. The van der Waals surface area contributed by atoms with Gasteiger partial charge in [0, 0.05) is 31.3 Å². The molecule has 0 amide bonds. The summed E-state index contributed by atoms with van der Waals surface area (Å²) in [5, 5.41) is 8.93. The largest absolute Gasteiger partial charge is 0.473 e. The fourth-order valence-corrected chi connectivity index (χ4v) is 6.01. The number of benzene rings is 1. The second-order valence-electron chi connectivity index (χ2n) is 10.2. The number of fused-ring (bicyclic) bond motifs is 1. The van der Waals surface area contributed by atoms with Gasteiger partial charge in [0.1, 0.15) is 28.0 Å². The van der Waals surface area contributed by atoms with Crippen molar-refractivity contribution in [2.45, 2.75) is 45.6 Å². The fourth-order valence-electron chi connectivity index (χ4n) is 5.07. The molecular formula is C31H30FN5O4S. The van der Waals surface area contributed by atoms with Gasteiger partial charge in [0.25, 0.3) is 0 Å². The van der Waals surface area contributed by atoms with Crippen LogP contribution in [-0.4, -0.2) is 57.8 Å². The summed E-state index contributed by atoms with van der Waals surface area (Å²) < 4.78 is 33.1. The van der Waals surface area contributed by atoms with Gasteiger partial charge in [-0.05, 0) is 49.6 Å². The minimum absolute atomic E-state index is 0.0259. The standard InChI is InChI=1S/C31H30FN5O4S/c1-2-39-31(38)27-15-26-30(42-27)35-28(37(26)17-23-10-13-40-23)18-36-11-8-21(9-12-36)25-4-3-5-29(34-25)41-19-22-7-6-20(16-33)14-24(22)32/h3-8,14-15,23H,2,9-13,17-19H2,1H3/t23-/m0/s1. The number of carbonyl (C=O) groups excluding carboxylic acids is 1. The molecule has 6 rings (SSSR count). The maximum absolute atomic E-state index is 14.2. The monoisotopic (exact) mass is 587 g/mol. The van der Waals surface area contributed by atoms with Crippen LogP contribution in [-0.2, 0) is 29.2 Å². The number of nitrogens with zero attached hydrogens (tertiary/aromatic N) is 5. The molecule has 1 aromatic carbocycles. The number of carbonyl (C=O) groups is 1. The Labute approximate surface area is 246 Å². The van der Waals surface area contributed by atoms with E-state index in [1.807, 2.05) is 24.3 Å². The topological polar surface area (TPSA) is 102 Å². The van der Waals surface area contributed by atoms with Crippen molar-refractivity contribution in [3.8, 4) is 11.9 Å². The summed E-state index contributed by atoms with van der Waals surface area (Å²) in [4.78, 5) is 25.6. The van der Waals surface area contributed by atoms with Gasteiger partial charge in [-0.3, -0.25) is 4.90 Å². The van der Waals surface area contributed by atoms with Crippen molar-refractivity contribution < 1.29 is 23.4 Å². The molecule has 9 nitrogen and oxygen atoms in total. The van der Waals surface area contributed by atoms with Crippen molar-refractivity contribution in [2.24, 2.45) is 0 Å². The van der Waals surface area contributed by atoms with Crippen molar-refractivity contribution in [2.75, 3.05) is 26.3 Å². The summed E-state index contributed by atoms with van der Waals surface area (Å²) in [5.74, 6) is 0.594. The van der Waals surface area contributed by atoms with Crippen LogP contribution in [0.1, 0.15) is 52.1 Å². The van der Waals surface area contributed by atoms with Crippen LogP contribution in [0.3, 0.4) is 0 Å². The molecule has 0 unspecified atom stereocenters. The zero-order valence-electron chi connectivity index (χ0n) is 23.2. The maximum Gasteiger partial charge on any atom is 0.348 e. The average molecular weight is 588 g/mol. The number of rotatable bonds is 10. The highest BCUT2D eigenvalue weighted by atomic mass is 32.1. The number of nitriles is 1. The summed E-state index contributed by atoms with van der Waals surface area (Å²) >= 11 is 1.37. The van der Waals surface area contributed by atoms with Gasteiger partial charge in [0.2, 0.25) is 5.88 Å². The Morgan fingerprint density at radius 3 is 2.86 bits per heavy atom. The van der Waals surface area contributed by atoms with E-state index in [2.05, 4.69) is 20.5 Å². The smallest absolute Gasteiger partial charge is 0.348 e.